The molecule has 2 amide bonds. The second-order valence-corrected chi connectivity index (χ2v) is 7.28. The Kier molecular flexibility index (Phi) is 3.84. The first kappa shape index (κ1) is 16.2. The number of hydrogen-bond donors (Lipinski definition) is 1. The average Bonchev–Trinajstić information content (AvgIpc) is 2.89. The smallest absolute Gasteiger partial charge is 0.234 e. The molecule has 1 aromatic rings. The Hall–Kier alpha value is -2.27. The summed E-state index contributed by atoms with van der Waals surface area (Å²) in [6.45, 7) is 1.85. The largest absolute Gasteiger partial charge is 0.389 e. The molecule has 2 fully saturated rings. The number of fused-ring (bicyclic) bond motifs is 3. The van der Waals surface area contributed by atoms with Crippen molar-refractivity contribution in [2.24, 2.45) is 23.7 Å². The second-order valence-electron chi connectivity index (χ2n) is 7.28. The normalized spacial score (nSPS) is 35.5. The minimum Gasteiger partial charge on any atom is -0.389 e. The molecule has 6 atom stereocenters. The number of imide groups is 1. The Balaban J connectivity index is 1.69. The van der Waals surface area contributed by atoms with Crippen LogP contribution in [0.25, 0.3) is 0 Å². The molecule has 0 bridgehead atoms. The molecule has 25 heavy (non-hydrogen) atoms. The molecule has 1 aromatic carbocycles. The van der Waals surface area contributed by atoms with Crippen molar-refractivity contribution >= 4 is 17.6 Å². The highest BCUT2D eigenvalue weighted by Gasteiger charge is 2.58. The zero-order valence-corrected chi connectivity index (χ0v) is 14.0. The standard InChI is InChI=1S/C20H21NO4/c1-11(12-5-3-2-4-6-12)21-19(24)14-8-7-13-15(22)9-10-16(23)17(13)18(14)20(21)25/h2-6,9-11,13-14,16-18,23H,7-8H2,1H3/t11-,13-,14+,16+,17+,18+/m0/s1. The number of aliphatic hydroxyl groups excluding tert-OH is 1. The van der Waals surface area contributed by atoms with E-state index in [-0.39, 0.29) is 29.6 Å². The second kappa shape index (κ2) is 5.92. The number of carbonyl (C=O) groups excluding carboxylic acids is 3. The molecule has 2 aliphatic carbocycles. The van der Waals surface area contributed by atoms with Crippen LogP contribution in [0.5, 0.6) is 0 Å². The zero-order chi connectivity index (χ0) is 17.7. The van der Waals surface area contributed by atoms with Crippen LogP contribution in [0, 0.1) is 23.7 Å². The van der Waals surface area contributed by atoms with Gasteiger partial charge in [-0.3, -0.25) is 19.3 Å². The van der Waals surface area contributed by atoms with Crippen molar-refractivity contribution in [1.29, 1.82) is 0 Å². The van der Waals surface area contributed by atoms with Gasteiger partial charge in [-0.2, -0.15) is 0 Å². The molecule has 0 unspecified atom stereocenters. The molecule has 1 heterocycles. The van der Waals surface area contributed by atoms with Gasteiger partial charge in [-0.15, -0.1) is 0 Å². The SMILES string of the molecule is C[C@@H](c1ccccc1)N1C(=O)[C@H]2[C@H]3[C@H](O)C=CC(=O)[C@@H]3CC[C@H]2C1=O. The van der Waals surface area contributed by atoms with Gasteiger partial charge in [0, 0.05) is 11.8 Å². The van der Waals surface area contributed by atoms with Crippen LogP contribution < -0.4 is 0 Å². The fourth-order valence-corrected chi connectivity index (χ4v) is 4.80. The Morgan fingerprint density at radius 1 is 1.04 bits per heavy atom. The molecule has 5 nitrogen and oxygen atoms in total. The van der Waals surface area contributed by atoms with Crippen LogP contribution in [-0.2, 0) is 14.4 Å². The van der Waals surface area contributed by atoms with Crippen LogP contribution in [0.2, 0.25) is 0 Å². The Labute approximate surface area is 146 Å². The lowest BCUT2D eigenvalue weighted by Crippen LogP contribution is -2.47. The highest BCUT2D eigenvalue weighted by molar-refractivity contribution is 6.06. The summed E-state index contributed by atoms with van der Waals surface area (Å²) < 4.78 is 0. The molecule has 1 N–H and O–H groups in total. The van der Waals surface area contributed by atoms with Crippen molar-refractivity contribution < 1.29 is 19.5 Å². The summed E-state index contributed by atoms with van der Waals surface area (Å²) in [5.41, 5.74) is 0.902. The number of aliphatic hydroxyl groups is 1. The molecule has 5 heteroatoms. The maximum atomic E-state index is 13.1. The molecule has 0 radical (unpaired) electrons. The number of amides is 2. The van der Waals surface area contributed by atoms with Gasteiger partial charge in [0.1, 0.15) is 0 Å². The fraction of sp³-hybridized carbons (Fsp3) is 0.450. The molecule has 3 aliphatic rings. The van der Waals surface area contributed by atoms with E-state index in [2.05, 4.69) is 0 Å². The molecular weight excluding hydrogens is 318 g/mol. The molecule has 4 rings (SSSR count). The van der Waals surface area contributed by atoms with Crippen molar-refractivity contribution in [2.45, 2.75) is 31.9 Å². The monoisotopic (exact) mass is 339 g/mol. The number of hydrogen-bond acceptors (Lipinski definition) is 4. The minimum atomic E-state index is -0.848. The Bertz CT molecular complexity index is 756. The molecule has 130 valence electrons. The number of nitrogens with zero attached hydrogens (tertiary/aromatic N) is 1. The third-order valence-corrected chi connectivity index (χ3v) is 6.07. The topological polar surface area (TPSA) is 74.7 Å². The summed E-state index contributed by atoms with van der Waals surface area (Å²) in [4.78, 5) is 39.6. The average molecular weight is 339 g/mol. The van der Waals surface area contributed by atoms with Gasteiger partial charge >= 0.3 is 0 Å². The summed E-state index contributed by atoms with van der Waals surface area (Å²) in [6.07, 6.45) is 3.11. The summed E-state index contributed by atoms with van der Waals surface area (Å²) in [6, 6.07) is 9.11. The lowest BCUT2D eigenvalue weighted by molar-refractivity contribution is -0.143. The lowest BCUT2D eigenvalue weighted by Gasteiger charge is -2.40. The maximum Gasteiger partial charge on any atom is 0.234 e. The van der Waals surface area contributed by atoms with Gasteiger partial charge in [-0.05, 0) is 31.4 Å². The molecule has 0 spiro atoms. The summed E-state index contributed by atoms with van der Waals surface area (Å²) in [5.74, 6) is -2.31. The highest BCUT2D eigenvalue weighted by atomic mass is 16.3. The predicted octanol–water partition coefficient (Wildman–Crippen LogP) is 1.87. The first-order valence-electron chi connectivity index (χ1n) is 8.82. The van der Waals surface area contributed by atoms with Crippen molar-refractivity contribution in [2.75, 3.05) is 0 Å². The highest BCUT2D eigenvalue weighted by Crippen LogP contribution is 2.49. The van der Waals surface area contributed by atoms with Crippen LogP contribution in [0.4, 0.5) is 0 Å². The number of ketones is 1. The van der Waals surface area contributed by atoms with Gasteiger partial charge in [0.2, 0.25) is 11.8 Å². The summed E-state index contributed by atoms with van der Waals surface area (Å²) in [5, 5.41) is 10.4. The fourth-order valence-electron chi connectivity index (χ4n) is 4.80. The van der Waals surface area contributed by atoms with Crippen molar-refractivity contribution in [3.05, 3.63) is 48.0 Å². The van der Waals surface area contributed by atoms with Crippen LogP contribution in [0.3, 0.4) is 0 Å². The van der Waals surface area contributed by atoms with E-state index in [9.17, 15) is 19.5 Å². The first-order valence-corrected chi connectivity index (χ1v) is 8.82. The van der Waals surface area contributed by atoms with Crippen molar-refractivity contribution in [3.8, 4) is 0 Å². The number of rotatable bonds is 2. The Morgan fingerprint density at radius 2 is 1.72 bits per heavy atom. The predicted molar refractivity (Wildman–Crippen MR) is 90.1 cm³/mol. The van der Waals surface area contributed by atoms with E-state index in [1.54, 1.807) is 0 Å². The number of likely N-dealkylation sites (tertiary alicyclic amines) is 1. The van der Waals surface area contributed by atoms with E-state index < -0.39 is 23.9 Å². The van der Waals surface area contributed by atoms with Gasteiger partial charge in [0.15, 0.2) is 5.78 Å². The van der Waals surface area contributed by atoms with Gasteiger partial charge < -0.3 is 5.11 Å². The number of benzene rings is 1. The number of allylic oxidation sites excluding steroid dienone is 1. The van der Waals surface area contributed by atoms with Crippen LogP contribution in [-0.4, -0.2) is 33.7 Å². The third kappa shape index (κ3) is 2.37. The van der Waals surface area contributed by atoms with E-state index in [4.69, 9.17) is 0 Å². The maximum absolute atomic E-state index is 13.1. The molecule has 1 aliphatic heterocycles. The van der Waals surface area contributed by atoms with E-state index >= 15 is 0 Å². The Morgan fingerprint density at radius 3 is 2.44 bits per heavy atom. The minimum absolute atomic E-state index is 0.0384. The van der Waals surface area contributed by atoms with Gasteiger partial charge in [-0.25, -0.2) is 0 Å². The third-order valence-electron chi connectivity index (χ3n) is 6.07. The van der Waals surface area contributed by atoms with E-state index in [0.717, 1.165) is 5.56 Å². The van der Waals surface area contributed by atoms with Crippen LogP contribution in [0.1, 0.15) is 31.4 Å². The van der Waals surface area contributed by atoms with Gasteiger partial charge in [0.25, 0.3) is 0 Å². The van der Waals surface area contributed by atoms with Crippen molar-refractivity contribution in [1.82, 2.24) is 4.90 Å². The summed E-state index contributed by atoms with van der Waals surface area (Å²) >= 11 is 0. The molecule has 0 aromatic heterocycles. The van der Waals surface area contributed by atoms with Crippen LogP contribution >= 0.6 is 0 Å². The van der Waals surface area contributed by atoms with E-state index in [1.807, 2.05) is 37.3 Å². The van der Waals surface area contributed by atoms with E-state index in [0.29, 0.717) is 12.8 Å². The number of carbonyl (C=O) groups is 3. The molecular formula is C20H21NO4. The van der Waals surface area contributed by atoms with Gasteiger partial charge in [0.05, 0.1) is 24.0 Å². The molecule has 1 saturated carbocycles. The quantitative estimate of drug-likeness (QED) is 0.835. The lowest BCUT2D eigenvalue weighted by atomic mass is 9.62. The zero-order valence-electron chi connectivity index (χ0n) is 14.0. The first-order chi connectivity index (χ1) is 12.0. The van der Waals surface area contributed by atoms with Gasteiger partial charge in [-0.1, -0.05) is 36.4 Å². The van der Waals surface area contributed by atoms with Crippen molar-refractivity contribution in [3.63, 3.8) is 0 Å². The van der Waals surface area contributed by atoms with E-state index in [1.165, 1.54) is 17.1 Å². The molecule has 1 saturated heterocycles. The summed E-state index contributed by atoms with van der Waals surface area (Å²) in [7, 11) is 0. The van der Waals surface area contributed by atoms with Crippen LogP contribution in [0.15, 0.2) is 42.5 Å².